The molecule has 0 radical (unpaired) electrons. The fraction of sp³-hybridized carbons (Fsp3) is 0.188. The highest BCUT2D eigenvalue weighted by atomic mass is 32.2. The molecule has 1 heterocycles. The molecule has 1 aliphatic rings. The first-order valence-electron chi connectivity index (χ1n) is 6.90. The first-order valence-corrected chi connectivity index (χ1v) is 8.45. The molecule has 0 fully saturated rings. The molecule has 1 unspecified atom stereocenters. The van der Waals surface area contributed by atoms with Gasteiger partial charge in [0.15, 0.2) is 9.84 Å². The van der Waals surface area contributed by atoms with E-state index in [2.05, 4.69) is 5.32 Å². The highest BCUT2D eigenvalue weighted by Crippen LogP contribution is 2.29. The average molecular weight is 317 g/mol. The molecule has 114 valence electrons. The van der Waals surface area contributed by atoms with Crippen LogP contribution in [0, 0.1) is 0 Å². The van der Waals surface area contributed by atoms with Gasteiger partial charge in [0, 0.05) is 5.69 Å². The Morgan fingerprint density at radius 3 is 2.45 bits per heavy atom. The van der Waals surface area contributed by atoms with E-state index in [0.717, 1.165) is 11.3 Å². The molecular formula is C16H15NO4S. The number of anilines is 1. The van der Waals surface area contributed by atoms with Gasteiger partial charge in [-0.2, -0.15) is 0 Å². The molecule has 0 aliphatic carbocycles. The van der Waals surface area contributed by atoms with Crippen LogP contribution >= 0.6 is 0 Å². The van der Waals surface area contributed by atoms with Gasteiger partial charge in [0.2, 0.25) is 0 Å². The Morgan fingerprint density at radius 2 is 1.77 bits per heavy atom. The molecule has 22 heavy (non-hydrogen) atoms. The molecule has 2 aromatic rings. The second-order valence-electron chi connectivity index (χ2n) is 5.20. The predicted molar refractivity (Wildman–Crippen MR) is 82.8 cm³/mol. The number of sulfone groups is 1. The van der Waals surface area contributed by atoms with Crippen molar-refractivity contribution in [2.75, 3.05) is 5.32 Å². The van der Waals surface area contributed by atoms with Gasteiger partial charge in [-0.15, -0.1) is 0 Å². The zero-order valence-corrected chi connectivity index (χ0v) is 12.5. The molecule has 2 aromatic carbocycles. The molecule has 1 aliphatic heterocycles. The molecule has 6 heteroatoms. The largest absolute Gasteiger partial charge is 0.478 e. The minimum atomic E-state index is -3.55. The zero-order valence-electron chi connectivity index (χ0n) is 11.7. The molecule has 0 amide bonds. The summed E-state index contributed by atoms with van der Waals surface area (Å²) >= 11 is 0. The summed E-state index contributed by atoms with van der Waals surface area (Å²) in [5, 5.41) is 11.2. The first kappa shape index (κ1) is 14.6. The number of benzene rings is 2. The van der Waals surface area contributed by atoms with E-state index in [1.807, 2.05) is 24.3 Å². The third-order valence-corrected chi connectivity index (χ3v) is 5.85. The number of nitrogens with one attached hydrogen (secondary N) is 1. The van der Waals surface area contributed by atoms with E-state index in [1.165, 1.54) is 24.3 Å². The third kappa shape index (κ3) is 2.57. The van der Waals surface area contributed by atoms with Crippen molar-refractivity contribution in [1.82, 2.24) is 0 Å². The van der Waals surface area contributed by atoms with Crippen molar-refractivity contribution in [2.45, 2.75) is 23.1 Å². The van der Waals surface area contributed by atoms with E-state index < -0.39 is 21.2 Å². The Bertz CT molecular complexity index is 812. The van der Waals surface area contributed by atoms with Crippen LogP contribution in [0.15, 0.2) is 53.4 Å². The quantitative estimate of drug-likeness (QED) is 0.909. The fourth-order valence-corrected chi connectivity index (χ4v) is 4.15. The molecule has 3 rings (SSSR count). The summed E-state index contributed by atoms with van der Waals surface area (Å²) in [7, 11) is -3.55. The SMILES string of the molecule is O=C(O)c1ccc(S(=O)(=O)C2CCc3ccccc3N2)cc1. The van der Waals surface area contributed by atoms with Gasteiger partial charge in [-0.1, -0.05) is 18.2 Å². The lowest BCUT2D eigenvalue weighted by Crippen LogP contribution is -2.33. The lowest BCUT2D eigenvalue weighted by molar-refractivity contribution is 0.0696. The van der Waals surface area contributed by atoms with Crippen molar-refractivity contribution in [2.24, 2.45) is 0 Å². The number of carbonyl (C=O) groups is 1. The van der Waals surface area contributed by atoms with Crippen LogP contribution < -0.4 is 5.32 Å². The predicted octanol–water partition coefficient (Wildman–Crippen LogP) is 2.54. The van der Waals surface area contributed by atoms with Crippen LogP contribution in [0.1, 0.15) is 22.3 Å². The smallest absolute Gasteiger partial charge is 0.335 e. The number of para-hydroxylation sites is 1. The molecule has 0 saturated heterocycles. The van der Waals surface area contributed by atoms with Crippen LogP contribution in [0.2, 0.25) is 0 Å². The normalized spacial score (nSPS) is 17.4. The number of carboxylic acids is 1. The molecule has 0 aromatic heterocycles. The number of carboxylic acid groups (broad SMARTS) is 1. The van der Waals surface area contributed by atoms with E-state index in [1.54, 1.807) is 0 Å². The molecule has 1 atom stereocenters. The first-order chi connectivity index (χ1) is 10.5. The minimum absolute atomic E-state index is 0.0703. The van der Waals surface area contributed by atoms with E-state index >= 15 is 0 Å². The van der Waals surface area contributed by atoms with Crippen molar-refractivity contribution in [3.05, 3.63) is 59.7 Å². The van der Waals surface area contributed by atoms with Crippen molar-refractivity contribution in [3.63, 3.8) is 0 Å². The Kier molecular flexibility index (Phi) is 3.62. The summed E-state index contributed by atoms with van der Waals surface area (Å²) in [4.78, 5) is 11.0. The van der Waals surface area contributed by atoms with Crippen molar-refractivity contribution >= 4 is 21.5 Å². The van der Waals surface area contributed by atoms with E-state index in [4.69, 9.17) is 5.11 Å². The lowest BCUT2D eigenvalue weighted by atomic mass is 10.0. The van der Waals surface area contributed by atoms with Gasteiger partial charge in [0.25, 0.3) is 0 Å². The van der Waals surface area contributed by atoms with Gasteiger partial charge in [-0.25, -0.2) is 13.2 Å². The maximum absolute atomic E-state index is 12.7. The van der Waals surface area contributed by atoms with E-state index in [9.17, 15) is 13.2 Å². The molecular weight excluding hydrogens is 302 g/mol. The van der Waals surface area contributed by atoms with Gasteiger partial charge in [-0.3, -0.25) is 0 Å². The molecule has 0 bridgehead atoms. The number of rotatable bonds is 3. The Labute approximate surface area is 128 Å². The summed E-state index contributed by atoms with van der Waals surface area (Å²) < 4.78 is 25.3. The second-order valence-corrected chi connectivity index (χ2v) is 7.33. The topological polar surface area (TPSA) is 83.5 Å². The van der Waals surface area contributed by atoms with Gasteiger partial charge in [0.05, 0.1) is 10.5 Å². The standard InChI is InChI=1S/C16H15NO4S/c18-16(19)12-5-8-13(9-6-12)22(20,21)15-10-7-11-3-1-2-4-14(11)17-15/h1-6,8-9,15,17H,7,10H2,(H,18,19). The van der Waals surface area contributed by atoms with Gasteiger partial charge in [-0.05, 0) is 48.7 Å². The summed E-state index contributed by atoms with van der Waals surface area (Å²) in [6.45, 7) is 0. The maximum atomic E-state index is 12.7. The zero-order chi connectivity index (χ0) is 15.7. The summed E-state index contributed by atoms with van der Waals surface area (Å²) in [6.07, 6.45) is 1.18. The third-order valence-electron chi connectivity index (χ3n) is 3.81. The van der Waals surface area contributed by atoms with Crippen LogP contribution in [0.5, 0.6) is 0 Å². The van der Waals surface area contributed by atoms with Crippen molar-refractivity contribution in [3.8, 4) is 0 Å². The van der Waals surface area contributed by atoms with Crippen LogP contribution in [0.3, 0.4) is 0 Å². The van der Waals surface area contributed by atoms with Crippen LogP contribution in [-0.2, 0) is 16.3 Å². The molecule has 0 saturated carbocycles. The number of hydrogen-bond donors (Lipinski definition) is 2. The number of hydrogen-bond acceptors (Lipinski definition) is 4. The Balaban J connectivity index is 1.89. The monoisotopic (exact) mass is 317 g/mol. The van der Waals surface area contributed by atoms with Crippen molar-refractivity contribution < 1.29 is 18.3 Å². The number of aromatic carboxylic acids is 1. The van der Waals surface area contributed by atoms with Crippen molar-refractivity contribution in [1.29, 1.82) is 0 Å². The molecule has 0 spiro atoms. The van der Waals surface area contributed by atoms with E-state index in [-0.39, 0.29) is 10.5 Å². The van der Waals surface area contributed by atoms with Gasteiger partial charge < -0.3 is 10.4 Å². The highest BCUT2D eigenvalue weighted by molar-refractivity contribution is 7.92. The van der Waals surface area contributed by atoms with Crippen LogP contribution in [0.4, 0.5) is 5.69 Å². The number of aryl methyl sites for hydroxylation is 1. The maximum Gasteiger partial charge on any atom is 0.335 e. The Morgan fingerprint density at radius 1 is 1.09 bits per heavy atom. The van der Waals surface area contributed by atoms with E-state index in [0.29, 0.717) is 12.8 Å². The minimum Gasteiger partial charge on any atom is -0.478 e. The summed E-state index contributed by atoms with van der Waals surface area (Å²) in [6, 6.07) is 13.0. The summed E-state index contributed by atoms with van der Waals surface area (Å²) in [5.74, 6) is -1.08. The Hall–Kier alpha value is -2.34. The second kappa shape index (κ2) is 5.46. The van der Waals surface area contributed by atoms with Gasteiger partial charge >= 0.3 is 5.97 Å². The van der Waals surface area contributed by atoms with Gasteiger partial charge in [0.1, 0.15) is 5.37 Å². The molecule has 2 N–H and O–H groups in total. The number of fused-ring (bicyclic) bond motifs is 1. The lowest BCUT2D eigenvalue weighted by Gasteiger charge is -2.26. The van der Waals surface area contributed by atoms with Crippen LogP contribution in [0.25, 0.3) is 0 Å². The average Bonchev–Trinajstić information content (AvgIpc) is 2.54. The fourth-order valence-electron chi connectivity index (χ4n) is 2.60. The summed E-state index contributed by atoms with van der Waals surface area (Å²) in [5.41, 5.74) is 2.01. The molecule has 5 nitrogen and oxygen atoms in total. The highest BCUT2D eigenvalue weighted by Gasteiger charge is 2.30. The van der Waals surface area contributed by atoms with Crippen LogP contribution in [-0.4, -0.2) is 24.9 Å².